The fraction of sp³-hybridized carbons (Fsp3) is 0.286. The maximum absolute atomic E-state index is 11.5. The molecule has 2 heterocycles. The molecule has 0 atom stereocenters. The second-order valence-corrected chi connectivity index (χ2v) is 6.37. The Bertz CT molecular complexity index is 692. The first-order valence-electron chi connectivity index (χ1n) is 6.38. The lowest BCUT2D eigenvalue weighted by atomic mass is 10.1. The van der Waals surface area contributed by atoms with Gasteiger partial charge in [-0.2, -0.15) is 0 Å². The normalized spacial score (nSPS) is 16.5. The second-order valence-electron chi connectivity index (χ2n) is 4.68. The van der Waals surface area contributed by atoms with Crippen LogP contribution in [0, 0.1) is 0 Å². The number of pyridine rings is 1. The van der Waals surface area contributed by atoms with Gasteiger partial charge in [-0.1, -0.05) is 18.2 Å². The first-order chi connectivity index (χ1) is 9.66. The van der Waals surface area contributed by atoms with Crippen LogP contribution in [0.4, 0.5) is 5.69 Å². The molecule has 5 nitrogen and oxygen atoms in total. The summed E-state index contributed by atoms with van der Waals surface area (Å²) in [4.78, 5) is 17.7. The number of aromatic carboxylic acids is 1. The molecule has 0 amide bonds. The van der Waals surface area contributed by atoms with Crippen molar-refractivity contribution in [3.8, 4) is 0 Å². The van der Waals surface area contributed by atoms with E-state index in [0.717, 1.165) is 10.9 Å². The van der Waals surface area contributed by atoms with Gasteiger partial charge < -0.3 is 10.0 Å². The number of carboxylic acids is 1. The molecule has 1 aromatic heterocycles. The molecule has 1 aliphatic heterocycles. The molecule has 1 aliphatic rings. The van der Waals surface area contributed by atoms with Crippen molar-refractivity contribution >= 4 is 33.4 Å². The molecule has 1 N–H and O–H groups in total. The third-order valence-electron chi connectivity index (χ3n) is 3.47. The molecule has 2 aromatic rings. The van der Waals surface area contributed by atoms with Crippen LogP contribution in [0.1, 0.15) is 10.4 Å². The van der Waals surface area contributed by atoms with E-state index in [1.165, 1.54) is 6.20 Å². The van der Waals surface area contributed by atoms with Crippen LogP contribution >= 0.6 is 0 Å². The topological polar surface area (TPSA) is 70.5 Å². The van der Waals surface area contributed by atoms with Gasteiger partial charge in [0.25, 0.3) is 0 Å². The molecule has 1 saturated heterocycles. The quantitative estimate of drug-likeness (QED) is 0.907. The van der Waals surface area contributed by atoms with Crippen LogP contribution in [0.15, 0.2) is 30.5 Å². The third kappa shape index (κ3) is 2.27. The monoisotopic (exact) mass is 290 g/mol. The first-order valence-corrected chi connectivity index (χ1v) is 7.86. The van der Waals surface area contributed by atoms with Crippen LogP contribution in [0.3, 0.4) is 0 Å². The van der Waals surface area contributed by atoms with Gasteiger partial charge in [0.05, 0.1) is 11.2 Å². The first kappa shape index (κ1) is 13.1. The van der Waals surface area contributed by atoms with Crippen LogP contribution in [0.5, 0.6) is 0 Å². The Hall–Kier alpha value is -1.95. The lowest BCUT2D eigenvalue weighted by molar-refractivity contribution is 0.0697. The molecule has 0 radical (unpaired) electrons. The zero-order chi connectivity index (χ0) is 14.1. The highest BCUT2D eigenvalue weighted by molar-refractivity contribution is 7.85. The minimum Gasteiger partial charge on any atom is -0.478 e. The number of hydrogen-bond donors (Lipinski definition) is 1. The highest BCUT2D eigenvalue weighted by Gasteiger charge is 2.23. The Morgan fingerprint density at radius 1 is 1.25 bits per heavy atom. The Labute approximate surface area is 118 Å². The molecule has 3 rings (SSSR count). The summed E-state index contributed by atoms with van der Waals surface area (Å²) in [5.41, 5.74) is 1.68. The number of benzene rings is 1. The highest BCUT2D eigenvalue weighted by Crippen LogP contribution is 2.30. The summed E-state index contributed by atoms with van der Waals surface area (Å²) in [5, 5.41) is 10.2. The van der Waals surface area contributed by atoms with Crippen molar-refractivity contribution in [3.05, 3.63) is 36.0 Å². The van der Waals surface area contributed by atoms with Crippen LogP contribution in [-0.2, 0) is 10.8 Å². The van der Waals surface area contributed by atoms with Gasteiger partial charge in [-0.25, -0.2) is 4.79 Å². The van der Waals surface area contributed by atoms with Crippen LogP contribution in [0.25, 0.3) is 10.9 Å². The minimum atomic E-state index is -0.982. The summed E-state index contributed by atoms with van der Waals surface area (Å²) < 4.78 is 11.5. The smallest absolute Gasteiger partial charge is 0.339 e. The molecule has 6 heteroatoms. The van der Waals surface area contributed by atoms with E-state index in [1.807, 2.05) is 29.2 Å². The number of fused-ring (bicyclic) bond motifs is 1. The summed E-state index contributed by atoms with van der Waals surface area (Å²) in [6.45, 7) is 1.22. The van der Waals surface area contributed by atoms with Crippen molar-refractivity contribution in [2.75, 3.05) is 29.5 Å². The lowest BCUT2D eigenvalue weighted by Crippen LogP contribution is -2.38. The number of nitrogens with zero attached hydrogens (tertiary/aromatic N) is 2. The predicted molar refractivity (Wildman–Crippen MR) is 78.8 cm³/mol. The highest BCUT2D eigenvalue weighted by atomic mass is 32.2. The number of rotatable bonds is 2. The van der Waals surface area contributed by atoms with Gasteiger partial charge in [0.2, 0.25) is 0 Å². The number of hydrogen-bond acceptors (Lipinski definition) is 4. The summed E-state index contributed by atoms with van der Waals surface area (Å²) in [6, 6.07) is 7.51. The number of anilines is 1. The van der Waals surface area contributed by atoms with Crippen LogP contribution in [0.2, 0.25) is 0 Å². The molecule has 1 fully saturated rings. The Kier molecular flexibility index (Phi) is 3.40. The van der Waals surface area contributed by atoms with Gasteiger partial charge in [-0.3, -0.25) is 9.19 Å². The van der Waals surface area contributed by atoms with Crippen molar-refractivity contribution in [1.29, 1.82) is 0 Å². The Morgan fingerprint density at radius 3 is 2.65 bits per heavy atom. The van der Waals surface area contributed by atoms with E-state index in [2.05, 4.69) is 4.98 Å². The lowest BCUT2D eigenvalue weighted by Gasteiger charge is -2.30. The zero-order valence-electron chi connectivity index (χ0n) is 10.8. The Morgan fingerprint density at radius 2 is 1.95 bits per heavy atom. The van der Waals surface area contributed by atoms with Crippen LogP contribution < -0.4 is 4.90 Å². The summed E-state index contributed by atoms with van der Waals surface area (Å²) >= 11 is 0. The number of carbonyl (C=O) groups is 1. The van der Waals surface area contributed by atoms with Crippen molar-refractivity contribution in [3.63, 3.8) is 0 Å². The largest absolute Gasteiger partial charge is 0.478 e. The molecule has 0 aliphatic carbocycles. The van der Waals surface area contributed by atoms with Gasteiger partial charge >= 0.3 is 5.97 Å². The van der Waals surface area contributed by atoms with E-state index in [0.29, 0.717) is 30.3 Å². The van der Waals surface area contributed by atoms with E-state index in [1.54, 1.807) is 0 Å². The fourth-order valence-electron chi connectivity index (χ4n) is 2.49. The Balaban J connectivity index is 2.17. The molecule has 104 valence electrons. The predicted octanol–water partition coefficient (Wildman–Crippen LogP) is 1.50. The number of carboxylic acid groups (broad SMARTS) is 1. The molecule has 0 bridgehead atoms. The van der Waals surface area contributed by atoms with Crippen molar-refractivity contribution in [2.45, 2.75) is 0 Å². The van der Waals surface area contributed by atoms with Gasteiger partial charge in [0, 0.05) is 47.0 Å². The second kappa shape index (κ2) is 5.20. The molecule has 0 saturated carbocycles. The number of aromatic nitrogens is 1. The van der Waals surface area contributed by atoms with E-state index in [9.17, 15) is 14.1 Å². The SMILES string of the molecule is O=C(O)c1cnc2ccccc2c1N1CCS(=O)CC1. The fourth-order valence-corrected chi connectivity index (χ4v) is 3.54. The van der Waals surface area contributed by atoms with E-state index >= 15 is 0 Å². The molecular formula is C14H14N2O3S. The molecular weight excluding hydrogens is 276 g/mol. The minimum absolute atomic E-state index is 0.205. The standard InChI is InChI=1S/C14H14N2O3S/c17-14(18)11-9-15-12-4-2-1-3-10(12)13(11)16-5-7-20(19)8-6-16/h1-4,9H,5-8H2,(H,17,18). The van der Waals surface area contributed by atoms with Gasteiger partial charge in [-0.05, 0) is 6.07 Å². The van der Waals surface area contributed by atoms with E-state index < -0.39 is 16.8 Å². The van der Waals surface area contributed by atoms with Gasteiger partial charge in [0.15, 0.2) is 0 Å². The van der Waals surface area contributed by atoms with E-state index in [4.69, 9.17) is 0 Å². The third-order valence-corrected chi connectivity index (χ3v) is 4.75. The van der Waals surface area contributed by atoms with Crippen LogP contribution in [-0.4, -0.2) is 44.9 Å². The van der Waals surface area contributed by atoms with E-state index in [-0.39, 0.29) is 5.56 Å². The van der Waals surface area contributed by atoms with Crippen molar-refractivity contribution in [1.82, 2.24) is 4.98 Å². The molecule has 0 unspecified atom stereocenters. The number of para-hydroxylation sites is 1. The maximum Gasteiger partial charge on any atom is 0.339 e. The summed E-state index contributed by atoms with van der Waals surface area (Å²) in [6.07, 6.45) is 1.41. The zero-order valence-corrected chi connectivity index (χ0v) is 11.6. The van der Waals surface area contributed by atoms with Gasteiger partial charge in [-0.15, -0.1) is 0 Å². The average molecular weight is 290 g/mol. The average Bonchev–Trinajstić information content (AvgIpc) is 2.47. The summed E-state index contributed by atoms with van der Waals surface area (Å²) in [5.74, 6) is 0.177. The van der Waals surface area contributed by atoms with Crippen molar-refractivity contribution in [2.24, 2.45) is 0 Å². The summed E-state index contributed by atoms with van der Waals surface area (Å²) in [7, 11) is -0.790. The molecule has 0 spiro atoms. The maximum atomic E-state index is 11.5. The molecule has 20 heavy (non-hydrogen) atoms. The van der Waals surface area contributed by atoms with Crippen molar-refractivity contribution < 1.29 is 14.1 Å². The molecule has 1 aromatic carbocycles. The van der Waals surface area contributed by atoms with Gasteiger partial charge in [0.1, 0.15) is 5.56 Å².